The van der Waals surface area contributed by atoms with Gasteiger partial charge < -0.3 is 19.3 Å². The topological polar surface area (TPSA) is 128 Å². The smallest absolute Gasteiger partial charge is 0.279 e. The molecule has 2 N–H and O–H groups in total. The SMILES string of the molecule is O=C(CSc1nnc(NC(=O)c2cc(-c3ccccc3)on2)s1)NCc1ccc2c(c1)OCO2. The van der Waals surface area contributed by atoms with E-state index in [1.807, 2.05) is 48.5 Å². The average molecular weight is 496 g/mol. The molecule has 0 radical (unpaired) electrons. The van der Waals surface area contributed by atoms with Crippen LogP contribution in [-0.4, -0.2) is 39.7 Å². The second-order valence-corrected chi connectivity index (χ2v) is 9.22. The van der Waals surface area contributed by atoms with Crippen LogP contribution < -0.4 is 20.1 Å². The number of hydrogen-bond donors (Lipinski definition) is 2. The molecule has 2 aromatic heterocycles. The molecule has 2 aromatic carbocycles. The zero-order valence-corrected chi connectivity index (χ0v) is 19.1. The average Bonchev–Trinajstić information content (AvgIpc) is 3.62. The zero-order valence-electron chi connectivity index (χ0n) is 17.5. The number of nitrogens with one attached hydrogen (secondary N) is 2. The summed E-state index contributed by atoms with van der Waals surface area (Å²) in [5.41, 5.74) is 1.86. The summed E-state index contributed by atoms with van der Waals surface area (Å²) in [6.45, 7) is 0.579. The minimum absolute atomic E-state index is 0.131. The van der Waals surface area contributed by atoms with E-state index in [1.165, 1.54) is 23.1 Å². The van der Waals surface area contributed by atoms with Crippen LogP contribution in [0.2, 0.25) is 0 Å². The number of hydrogen-bond acceptors (Lipinski definition) is 10. The highest BCUT2D eigenvalue weighted by atomic mass is 32.2. The van der Waals surface area contributed by atoms with Gasteiger partial charge in [0.1, 0.15) is 0 Å². The quantitative estimate of drug-likeness (QED) is 0.278. The van der Waals surface area contributed by atoms with Gasteiger partial charge in [0.05, 0.1) is 5.75 Å². The second-order valence-electron chi connectivity index (χ2n) is 7.02. The minimum atomic E-state index is -0.458. The highest BCUT2D eigenvalue weighted by Crippen LogP contribution is 2.32. The summed E-state index contributed by atoms with van der Waals surface area (Å²) in [5, 5.41) is 17.6. The first-order valence-corrected chi connectivity index (χ1v) is 11.9. The van der Waals surface area contributed by atoms with Crippen molar-refractivity contribution in [2.45, 2.75) is 10.9 Å². The molecule has 4 aromatic rings. The van der Waals surface area contributed by atoms with Crippen molar-refractivity contribution in [3.05, 3.63) is 65.9 Å². The number of carbonyl (C=O) groups excluding carboxylic acids is 2. The Morgan fingerprint density at radius 2 is 1.88 bits per heavy atom. The number of rotatable bonds is 8. The molecule has 0 unspecified atom stereocenters. The van der Waals surface area contributed by atoms with Crippen LogP contribution in [0.4, 0.5) is 5.13 Å². The maximum Gasteiger partial charge on any atom is 0.279 e. The van der Waals surface area contributed by atoms with E-state index in [-0.39, 0.29) is 24.1 Å². The van der Waals surface area contributed by atoms with Crippen molar-refractivity contribution in [3.63, 3.8) is 0 Å². The largest absolute Gasteiger partial charge is 0.454 e. The van der Waals surface area contributed by atoms with Gasteiger partial charge in [0.15, 0.2) is 27.3 Å². The molecule has 3 heterocycles. The molecule has 34 heavy (non-hydrogen) atoms. The predicted octanol–water partition coefficient (Wildman–Crippen LogP) is 3.58. The molecule has 12 heteroatoms. The number of ether oxygens (including phenoxy) is 2. The van der Waals surface area contributed by atoms with Crippen LogP contribution in [0, 0.1) is 0 Å². The van der Waals surface area contributed by atoms with Gasteiger partial charge in [0.25, 0.3) is 5.91 Å². The molecule has 10 nitrogen and oxygen atoms in total. The summed E-state index contributed by atoms with van der Waals surface area (Å²) in [7, 11) is 0. The summed E-state index contributed by atoms with van der Waals surface area (Å²) in [5.74, 6) is 1.42. The summed E-state index contributed by atoms with van der Waals surface area (Å²) in [6.07, 6.45) is 0. The molecule has 0 atom stereocenters. The van der Waals surface area contributed by atoms with E-state index >= 15 is 0 Å². The van der Waals surface area contributed by atoms with E-state index < -0.39 is 5.91 Å². The van der Waals surface area contributed by atoms with Gasteiger partial charge in [-0.15, -0.1) is 10.2 Å². The highest BCUT2D eigenvalue weighted by molar-refractivity contribution is 8.01. The lowest BCUT2D eigenvalue weighted by atomic mass is 10.1. The van der Waals surface area contributed by atoms with Crippen molar-refractivity contribution >= 4 is 40.0 Å². The van der Waals surface area contributed by atoms with Gasteiger partial charge in [-0.2, -0.15) is 0 Å². The second kappa shape index (κ2) is 9.93. The number of nitrogens with zero attached hydrogens (tertiary/aromatic N) is 3. The minimum Gasteiger partial charge on any atom is -0.454 e. The maximum atomic E-state index is 12.4. The van der Waals surface area contributed by atoms with Crippen LogP contribution in [0.15, 0.2) is 63.5 Å². The molecule has 0 aliphatic carbocycles. The Labute approximate surface area is 201 Å². The van der Waals surface area contributed by atoms with Crippen LogP contribution in [0.5, 0.6) is 11.5 Å². The van der Waals surface area contributed by atoms with Crippen molar-refractivity contribution in [2.75, 3.05) is 17.9 Å². The van der Waals surface area contributed by atoms with Crippen molar-refractivity contribution in [3.8, 4) is 22.8 Å². The van der Waals surface area contributed by atoms with Crippen molar-refractivity contribution < 1.29 is 23.6 Å². The molecule has 5 rings (SSSR count). The molecular formula is C22H17N5O5S2. The number of benzene rings is 2. The number of anilines is 1. The van der Waals surface area contributed by atoms with Gasteiger partial charge in [-0.3, -0.25) is 14.9 Å². The van der Waals surface area contributed by atoms with E-state index in [0.717, 1.165) is 11.1 Å². The van der Waals surface area contributed by atoms with Crippen LogP contribution in [0.3, 0.4) is 0 Å². The maximum absolute atomic E-state index is 12.4. The van der Waals surface area contributed by atoms with E-state index in [4.69, 9.17) is 14.0 Å². The lowest BCUT2D eigenvalue weighted by Crippen LogP contribution is -2.24. The molecule has 0 bridgehead atoms. The van der Waals surface area contributed by atoms with Crippen LogP contribution in [0.1, 0.15) is 16.1 Å². The van der Waals surface area contributed by atoms with Gasteiger partial charge in [0, 0.05) is 18.2 Å². The van der Waals surface area contributed by atoms with Crippen LogP contribution >= 0.6 is 23.1 Å². The van der Waals surface area contributed by atoms with Gasteiger partial charge in [0.2, 0.25) is 17.8 Å². The number of fused-ring (bicyclic) bond motifs is 1. The fourth-order valence-electron chi connectivity index (χ4n) is 3.03. The van der Waals surface area contributed by atoms with Gasteiger partial charge in [-0.05, 0) is 17.7 Å². The molecule has 0 saturated heterocycles. The summed E-state index contributed by atoms with van der Waals surface area (Å²) in [4.78, 5) is 24.6. The van der Waals surface area contributed by atoms with Gasteiger partial charge >= 0.3 is 0 Å². The third-order valence-corrected chi connectivity index (χ3v) is 6.65. The number of carbonyl (C=O) groups is 2. The Bertz CT molecular complexity index is 1320. The lowest BCUT2D eigenvalue weighted by molar-refractivity contribution is -0.118. The fourth-order valence-corrected chi connectivity index (χ4v) is 4.61. The Kier molecular flexibility index (Phi) is 6.40. The molecule has 172 valence electrons. The van der Waals surface area contributed by atoms with Crippen LogP contribution in [0.25, 0.3) is 11.3 Å². The van der Waals surface area contributed by atoms with E-state index in [9.17, 15) is 9.59 Å². The molecular weight excluding hydrogens is 478 g/mol. The zero-order chi connectivity index (χ0) is 23.3. The monoisotopic (exact) mass is 495 g/mol. The molecule has 2 amide bonds. The Morgan fingerprint density at radius 1 is 1.03 bits per heavy atom. The lowest BCUT2D eigenvalue weighted by Gasteiger charge is -2.05. The van der Waals surface area contributed by atoms with Crippen molar-refractivity contribution in [1.29, 1.82) is 0 Å². The number of amides is 2. The first kappa shape index (κ1) is 21.9. The normalized spacial score (nSPS) is 11.9. The third kappa shape index (κ3) is 5.18. The van der Waals surface area contributed by atoms with Crippen molar-refractivity contribution in [1.82, 2.24) is 20.7 Å². The predicted molar refractivity (Wildman–Crippen MR) is 125 cm³/mol. The van der Waals surface area contributed by atoms with Gasteiger partial charge in [-0.25, -0.2) is 0 Å². The van der Waals surface area contributed by atoms with Crippen molar-refractivity contribution in [2.24, 2.45) is 0 Å². The standard InChI is InChI=1S/C22H17N5O5S2/c28-19(23-10-13-6-7-16-18(8-13)31-12-30-16)11-33-22-26-25-21(34-22)24-20(29)15-9-17(32-27-15)14-4-2-1-3-5-14/h1-9H,10-12H2,(H,23,28)(H,24,25,29). The van der Waals surface area contributed by atoms with E-state index in [2.05, 4.69) is 26.0 Å². The first-order valence-electron chi connectivity index (χ1n) is 10.1. The Hall–Kier alpha value is -3.90. The Balaban J connectivity index is 1.09. The van der Waals surface area contributed by atoms with Crippen LogP contribution in [-0.2, 0) is 11.3 Å². The molecule has 1 aliphatic heterocycles. The highest BCUT2D eigenvalue weighted by Gasteiger charge is 2.17. The van der Waals surface area contributed by atoms with E-state index in [0.29, 0.717) is 33.3 Å². The molecule has 0 saturated carbocycles. The molecule has 0 fully saturated rings. The number of thioether (sulfide) groups is 1. The molecule has 1 aliphatic rings. The summed E-state index contributed by atoms with van der Waals surface area (Å²) >= 11 is 2.40. The summed E-state index contributed by atoms with van der Waals surface area (Å²) in [6, 6.07) is 16.4. The fraction of sp³-hybridized carbons (Fsp3) is 0.136. The first-order chi connectivity index (χ1) is 16.6. The van der Waals surface area contributed by atoms with Gasteiger partial charge in [-0.1, -0.05) is 64.7 Å². The number of aromatic nitrogens is 3. The summed E-state index contributed by atoms with van der Waals surface area (Å²) < 4.78 is 16.4. The Morgan fingerprint density at radius 3 is 2.76 bits per heavy atom. The van der Waals surface area contributed by atoms with E-state index in [1.54, 1.807) is 6.07 Å². The molecule has 0 spiro atoms. The third-order valence-electron chi connectivity index (χ3n) is 4.68.